The molecule has 0 N–H and O–H groups in total. The molecule has 0 bridgehead atoms. The Morgan fingerprint density at radius 1 is 0.500 bits per heavy atom. The van der Waals surface area contributed by atoms with Crippen LogP contribution in [0.15, 0.2) is 107 Å². The van der Waals surface area contributed by atoms with E-state index in [0.717, 1.165) is 0 Å². The minimum atomic E-state index is -3.95. The highest BCUT2D eigenvalue weighted by Gasteiger charge is 2.29. The summed E-state index contributed by atoms with van der Waals surface area (Å²) in [7, 11) is -7.89. The second-order valence-corrected chi connectivity index (χ2v) is 11.3. The molecule has 4 rings (SSSR count). The highest BCUT2D eigenvalue weighted by atomic mass is 32.2. The summed E-state index contributed by atoms with van der Waals surface area (Å²) in [6.45, 7) is 4.01. The number of para-hydroxylation sites is 2. The van der Waals surface area contributed by atoms with Gasteiger partial charge in [-0.15, -0.1) is 0 Å². The molecule has 0 aromatic heterocycles. The van der Waals surface area contributed by atoms with Crippen LogP contribution in [-0.2, 0) is 20.0 Å². The molecule has 4 aromatic carbocycles. The highest BCUT2D eigenvalue weighted by molar-refractivity contribution is 7.93. The van der Waals surface area contributed by atoms with Crippen molar-refractivity contribution in [3.63, 3.8) is 0 Å². The fourth-order valence-corrected chi connectivity index (χ4v) is 7.48. The summed E-state index contributed by atoms with van der Waals surface area (Å²) in [5.41, 5.74) is 1.10. The molecule has 0 amide bonds. The van der Waals surface area contributed by atoms with E-state index in [1.807, 2.05) is 12.1 Å². The molecule has 0 spiro atoms. The van der Waals surface area contributed by atoms with Crippen LogP contribution in [0.3, 0.4) is 0 Å². The van der Waals surface area contributed by atoms with Gasteiger partial charge in [-0.1, -0.05) is 60.7 Å². The number of fused-ring (bicyclic) bond motifs is 1. The number of benzene rings is 4. The summed E-state index contributed by atoms with van der Waals surface area (Å²) in [6, 6.07) is 27.3. The second-order valence-electron chi connectivity index (χ2n) is 7.62. The molecule has 0 fully saturated rings. The van der Waals surface area contributed by atoms with Crippen molar-refractivity contribution < 1.29 is 16.8 Å². The zero-order valence-electron chi connectivity index (χ0n) is 19.0. The third kappa shape index (κ3) is 4.15. The Labute approximate surface area is 201 Å². The molecule has 0 saturated heterocycles. The molecule has 0 saturated carbocycles. The molecule has 0 atom stereocenters. The lowest BCUT2D eigenvalue weighted by Gasteiger charge is -2.25. The number of hydrogen-bond acceptors (Lipinski definition) is 4. The van der Waals surface area contributed by atoms with E-state index in [4.69, 9.17) is 0 Å². The van der Waals surface area contributed by atoms with Crippen LogP contribution in [0.25, 0.3) is 10.8 Å². The predicted molar refractivity (Wildman–Crippen MR) is 137 cm³/mol. The summed E-state index contributed by atoms with van der Waals surface area (Å²) in [5.74, 6) is 0. The van der Waals surface area contributed by atoms with Gasteiger partial charge < -0.3 is 0 Å². The first kappa shape index (κ1) is 23.8. The Morgan fingerprint density at radius 3 is 1.18 bits per heavy atom. The van der Waals surface area contributed by atoms with E-state index in [2.05, 4.69) is 0 Å². The Kier molecular flexibility index (Phi) is 6.63. The van der Waals surface area contributed by atoms with Crippen molar-refractivity contribution in [2.75, 3.05) is 21.7 Å². The fraction of sp³-hybridized carbons (Fsp3) is 0.154. The molecular weight excluding hydrogens is 468 g/mol. The van der Waals surface area contributed by atoms with E-state index in [-0.39, 0.29) is 22.9 Å². The molecule has 0 unspecified atom stereocenters. The molecule has 0 aliphatic carbocycles. The zero-order valence-corrected chi connectivity index (χ0v) is 20.6. The van der Waals surface area contributed by atoms with Gasteiger partial charge in [0.2, 0.25) is 0 Å². The Bertz CT molecular complexity index is 1390. The Morgan fingerprint density at radius 2 is 0.853 bits per heavy atom. The maximum Gasteiger partial charge on any atom is 0.264 e. The van der Waals surface area contributed by atoms with E-state index in [9.17, 15) is 16.8 Å². The van der Waals surface area contributed by atoms with Crippen molar-refractivity contribution in [3.05, 3.63) is 97.1 Å². The smallest absolute Gasteiger partial charge is 0.264 e. The van der Waals surface area contributed by atoms with Gasteiger partial charge in [-0.05, 0) is 50.2 Å². The molecule has 0 heterocycles. The third-order valence-electron chi connectivity index (χ3n) is 5.64. The SMILES string of the molecule is CCN(c1ccccc1)S(=O)(=O)c1cccc2c(S(=O)(=O)N(CC)c3ccccc3)cccc12. The number of sulfonamides is 2. The first-order chi connectivity index (χ1) is 16.3. The average molecular weight is 495 g/mol. The molecule has 6 nitrogen and oxygen atoms in total. The van der Waals surface area contributed by atoms with Crippen molar-refractivity contribution in [1.82, 2.24) is 0 Å². The van der Waals surface area contributed by atoms with E-state index in [1.165, 1.54) is 20.7 Å². The van der Waals surface area contributed by atoms with Crippen LogP contribution in [0.4, 0.5) is 11.4 Å². The average Bonchev–Trinajstić information content (AvgIpc) is 2.85. The molecule has 0 aliphatic heterocycles. The largest absolute Gasteiger partial charge is 0.267 e. The first-order valence-electron chi connectivity index (χ1n) is 11.0. The molecule has 4 aromatic rings. The van der Waals surface area contributed by atoms with Crippen molar-refractivity contribution in [3.8, 4) is 0 Å². The van der Waals surface area contributed by atoms with Crippen LogP contribution in [0.2, 0.25) is 0 Å². The normalized spacial score (nSPS) is 11.9. The van der Waals surface area contributed by atoms with Gasteiger partial charge in [0, 0.05) is 23.9 Å². The van der Waals surface area contributed by atoms with Gasteiger partial charge in [-0.3, -0.25) is 8.61 Å². The quantitative estimate of drug-likeness (QED) is 0.334. The van der Waals surface area contributed by atoms with Crippen molar-refractivity contribution in [2.24, 2.45) is 0 Å². The Hall–Kier alpha value is -3.36. The zero-order chi connectivity index (χ0) is 24.3. The second kappa shape index (κ2) is 9.48. The summed E-state index contributed by atoms with van der Waals surface area (Å²) < 4.78 is 57.5. The van der Waals surface area contributed by atoms with Gasteiger partial charge in [0.15, 0.2) is 0 Å². The molecule has 176 valence electrons. The monoisotopic (exact) mass is 494 g/mol. The van der Waals surface area contributed by atoms with Gasteiger partial charge in [-0.25, -0.2) is 16.8 Å². The molecular formula is C26H26N2O4S2. The minimum Gasteiger partial charge on any atom is -0.267 e. The van der Waals surface area contributed by atoms with Crippen LogP contribution < -0.4 is 8.61 Å². The van der Waals surface area contributed by atoms with Crippen molar-refractivity contribution >= 4 is 42.2 Å². The van der Waals surface area contributed by atoms with E-state index in [0.29, 0.717) is 22.1 Å². The topological polar surface area (TPSA) is 74.8 Å². The lowest BCUT2D eigenvalue weighted by molar-refractivity contribution is 0.590. The van der Waals surface area contributed by atoms with Gasteiger partial charge in [0.1, 0.15) is 0 Å². The number of rotatable bonds is 8. The van der Waals surface area contributed by atoms with Gasteiger partial charge in [-0.2, -0.15) is 0 Å². The predicted octanol–water partition coefficient (Wildman–Crippen LogP) is 5.27. The molecule has 8 heteroatoms. The maximum atomic E-state index is 13.7. The first-order valence-corrected chi connectivity index (χ1v) is 13.9. The van der Waals surface area contributed by atoms with Crippen LogP contribution in [0.1, 0.15) is 13.8 Å². The van der Waals surface area contributed by atoms with E-state index in [1.54, 1.807) is 86.6 Å². The summed E-state index contributed by atoms with van der Waals surface area (Å²) in [4.78, 5) is 0.131. The van der Waals surface area contributed by atoms with Crippen molar-refractivity contribution in [1.29, 1.82) is 0 Å². The minimum absolute atomic E-state index is 0.0653. The number of nitrogens with zero attached hydrogens (tertiary/aromatic N) is 2. The van der Waals surface area contributed by atoms with Crippen LogP contribution >= 0.6 is 0 Å². The maximum absolute atomic E-state index is 13.7. The summed E-state index contributed by atoms with van der Waals surface area (Å²) in [5, 5.41) is 0.726. The summed E-state index contributed by atoms with van der Waals surface area (Å²) in [6.07, 6.45) is 0. The van der Waals surface area contributed by atoms with Gasteiger partial charge in [0.05, 0.1) is 21.2 Å². The Balaban J connectivity index is 1.90. The molecule has 0 radical (unpaired) electrons. The lowest BCUT2D eigenvalue weighted by Crippen LogP contribution is -2.31. The molecule has 0 aliphatic rings. The van der Waals surface area contributed by atoms with Crippen LogP contribution in [0, 0.1) is 0 Å². The third-order valence-corrected chi connectivity index (χ3v) is 9.56. The number of anilines is 2. The summed E-state index contributed by atoms with van der Waals surface area (Å²) >= 11 is 0. The highest BCUT2D eigenvalue weighted by Crippen LogP contribution is 2.34. The van der Waals surface area contributed by atoms with Gasteiger partial charge >= 0.3 is 0 Å². The standard InChI is InChI=1S/C26H26N2O4S2/c1-3-27(21-13-7-5-8-14-21)33(29,30)25-19-11-18-24-23(25)17-12-20-26(24)34(31,32)28(4-2)22-15-9-6-10-16-22/h5-20H,3-4H2,1-2H3. The van der Waals surface area contributed by atoms with Crippen molar-refractivity contribution in [2.45, 2.75) is 23.6 Å². The lowest BCUT2D eigenvalue weighted by atomic mass is 10.1. The van der Waals surface area contributed by atoms with Crippen LogP contribution in [0.5, 0.6) is 0 Å². The number of hydrogen-bond donors (Lipinski definition) is 0. The van der Waals surface area contributed by atoms with E-state index < -0.39 is 20.0 Å². The van der Waals surface area contributed by atoms with Crippen LogP contribution in [-0.4, -0.2) is 29.9 Å². The van der Waals surface area contributed by atoms with Gasteiger partial charge in [0.25, 0.3) is 20.0 Å². The van der Waals surface area contributed by atoms with E-state index >= 15 is 0 Å². The fourth-order valence-electron chi connectivity index (χ4n) is 4.11. The molecule has 34 heavy (non-hydrogen) atoms.